The van der Waals surface area contributed by atoms with Crippen LogP contribution in [0.2, 0.25) is 0 Å². The molecule has 0 bridgehead atoms. The number of ether oxygens (including phenoxy) is 1. The molecule has 0 aromatic rings. The van der Waals surface area contributed by atoms with Crippen LogP contribution < -0.4 is 5.32 Å². The molecule has 0 aliphatic carbocycles. The van der Waals surface area contributed by atoms with Crippen molar-refractivity contribution in [3.8, 4) is 0 Å². The predicted molar refractivity (Wildman–Crippen MR) is 56.3 cm³/mol. The summed E-state index contributed by atoms with van der Waals surface area (Å²) in [6.45, 7) is 4.68. The van der Waals surface area contributed by atoms with Gasteiger partial charge in [0.2, 0.25) is 0 Å². The van der Waals surface area contributed by atoms with Gasteiger partial charge in [0, 0.05) is 12.6 Å². The van der Waals surface area contributed by atoms with Crippen LogP contribution in [0, 0.1) is 0 Å². The van der Waals surface area contributed by atoms with Crippen molar-refractivity contribution in [2.75, 3.05) is 13.2 Å². The predicted octanol–water partition coefficient (Wildman–Crippen LogP) is 2.58. The average molecular weight is 221 g/mol. The Labute approximate surface area is 90.4 Å². The molecule has 1 rings (SSSR count). The highest BCUT2D eigenvalue weighted by atomic mass is 19.3. The molecule has 0 aromatic heterocycles. The zero-order valence-electron chi connectivity index (χ0n) is 9.56. The van der Waals surface area contributed by atoms with E-state index < -0.39 is 6.43 Å². The zero-order chi connectivity index (χ0) is 11.3. The number of rotatable bonds is 5. The van der Waals surface area contributed by atoms with Gasteiger partial charge in [0.25, 0.3) is 6.43 Å². The van der Waals surface area contributed by atoms with Gasteiger partial charge in [-0.15, -0.1) is 0 Å². The lowest BCUT2D eigenvalue weighted by molar-refractivity contribution is -0.0940. The van der Waals surface area contributed by atoms with E-state index in [9.17, 15) is 8.78 Å². The van der Waals surface area contributed by atoms with Crippen LogP contribution in [-0.2, 0) is 4.74 Å². The van der Waals surface area contributed by atoms with Crippen molar-refractivity contribution < 1.29 is 13.5 Å². The Balaban J connectivity index is 2.41. The summed E-state index contributed by atoms with van der Waals surface area (Å²) in [4.78, 5) is 0. The molecule has 1 atom stereocenters. The lowest BCUT2D eigenvalue weighted by Gasteiger charge is -2.40. The van der Waals surface area contributed by atoms with Gasteiger partial charge in [0.05, 0.1) is 12.1 Å². The summed E-state index contributed by atoms with van der Waals surface area (Å²) >= 11 is 0. The molecule has 90 valence electrons. The topological polar surface area (TPSA) is 21.3 Å². The van der Waals surface area contributed by atoms with Gasteiger partial charge in [-0.1, -0.05) is 13.8 Å². The van der Waals surface area contributed by atoms with Crippen LogP contribution in [-0.4, -0.2) is 31.2 Å². The summed E-state index contributed by atoms with van der Waals surface area (Å²) < 4.78 is 29.9. The van der Waals surface area contributed by atoms with Crippen LogP contribution in [0.4, 0.5) is 8.78 Å². The zero-order valence-corrected chi connectivity index (χ0v) is 9.56. The van der Waals surface area contributed by atoms with Crippen molar-refractivity contribution in [1.29, 1.82) is 0 Å². The maximum atomic E-state index is 12.1. The molecule has 1 N–H and O–H groups in total. The van der Waals surface area contributed by atoms with E-state index in [0.717, 1.165) is 25.7 Å². The average Bonchev–Trinajstić information content (AvgIpc) is 2.26. The van der Waals surface area contributed by atoms with E-state index in [1.807, 2.05) is 0 Å². The standard InChI is InChI=1S/C11H21F2NO/c1-3-11(4-2)7-9(5-6-15-11)14-8-10(12)13/h9-10,14H,3-8H2,1-2H3. The van der Waals surface area contributed by atoms with E-state index >= 15 is 0 Å². The van der Waals surface area contributed by atoms with Gasteiger partial charge in [-0.05, 0) is 25.7 Å². The van der Waals surface area contributed by atoms with Crippen LogP contribution in [0.25, 0.3) is 0 Å². The van der Waals surface area contributed by atoms with Gasteiger partial charge < -0.3 is 10.1 Å². The Kier molecular flexibility index (Phi) is 4.93. The fraction of sp³-hybridized carbons (Fsp3) is 1.00. The smallest absolute Gasteiger partial charge is 0.250 e. The van der Waals surface area contributed by atoms with Gasteiger partial charge in [0.15, 0.2) is 0 Å². The Bertz CT molecular complexity index is 183. The van der Waals surface area contributed by atoms with Gasteiger partial charge in [-0.25, -0.2) is 8.78 Å². The summed E-state index contributed by atoms with van der Waals surface area (Å²) in [7, 11) is 0. The summed E-state index contributed by atoms with van der Waals surface area (Å²) in [5.41, 5.74) is -0.0853. The van der Waals surface area contributed by atoms with Crippen molar-refractivity contribution in [2.45, 2.75) is 57.6 Å². The number of alkyl halides is 2. The van der Waals surface area contributed by atoms with E-state index in [1.54, 1.807) is 0 Å². The molecule has 4 heteroatoms. The van der Waals surface area contributed by atoms with E-state index in [1.165, 1.54) is 0 Å². The Morgan fingerprint density at radius 2 is 2.07 bits per heavy atom. The van der Waals surface area contributed by atoms with Gasteiger partial charge >= 0.3 is 0 Å². The fourth-order valence-electron chi connectivity index (χ4n) is 2.20. The first-order valence-corrected chi connectivity index (χ1v) is 5.77. The second-order valence-electron chi connectivity index (χ2n) is 4.23. The number of nitrogens with one attached hydrogen (secondary N) is 1. The van der Waals surface area contributed by atoms with Gasteiger partial charge in [-0.2, -0.15) is 0 Å². The van der Waals surface area contributed by atoms with Crippen molar-refractivity contribution in [2.24, 2.45) is 0 Å². The molecule has 0 saturated carbocycles. The maximum Gasteiger partial charge on any atom is 0.250 e. The second kappa shape index (κ2) is 5.75. The molecule has 0 aromatic carbocycles. The van der Waals surface area contributed by atoms with Gasteiger partial charge in [-0.3, -0.25) is 0 Å². The summed E-state index contributed by atoms with van der Waals surface area (Å²) in [5.74, 6) is 0. The third-order valence-electron chi connectivity index (χ3n) is 3.34. The van der Waals surface area contributed by atoms with Crippen molar-refractivity contribution >= 4 is 0 Å². The highest BCUT2D eigenvalue weighted by molar-refractivity contribution is 4.88. The first kappa shape index (κ1) is 12.8. The summed E-state index contributed by atoms with van der Waals surface area (Å²) in [6.07, 6.45) is 1.35. The number of halogens is 2. The van der Waals surface area contributed by atoms with Crippen molar-refractivity contribution in [3.63, 3.8) is 0 Å². The third-order valence-corrected chi connectivity index (χ3v) is 3.34. The minimum atomic E-state index is -2.26. The van der Waals surface area contributed by atoms with E-state index in [2.05, 4.69) is 19.2 Å². The van der Waals surface area contributed by atoms with Crippen LogP contribution >= 0.6 is 0 Å². The summed E-state index contributed by atoms with van der Waals surface area (Å²) in [5, 5.41) is 2.91. The minimum absolute atomic E-state index is 0.0853. The van der Waals surface area contributed by atoms with Crippen LogP contribution in [0.1, 0.15) is 39.5 Å². The molecule has 2 nitrogen and oxygen atoms in total. The molecular weight excluding hydrogens is 200 g/mol. The highest BCUT2D eigenvalue weighted by Gasteiger charge is 2.34. The van der Waals surface area contributed by atoms with Gasteiger partial charge in [0.1, 0.15) is 0 Å². The Morgan fingerprint density at radius 1 is 1.40 bits per heavy atom. The SMILES string of the molecule is CCC1(CC)CC(NCC(F)F)CCO1. The normalized spacial score (nSPS) is 25.8. The Hall–Kier alpha value is -0.220. The van der Waals surface area contributed by atoms with E-state index in [0.29, 0.717) is 6.61 Å². The monoisotopic (exact) mass is 221 g/mol. The molecular formula is C11H21F2NO. The number of hydrogen-bond donors (Lipinski definition) is 1. The molecule has 1 fully saturated rings. The molecule has 0 spiro atoms. The molecule has 1 heterocycles. The van der Waals surface area contributed by atoms with Crippen molar-refractivity contribution in [1.82, 2.24) is 5.32 Å². The van der Waals surface area contributed by atoms with Crippen molar-refractivity contribution in [3.05, 3.63) is 0 Å². The van der Waals surface area contributed by atoms with Crippen LogP contribution in [0.15, 0.2) is 0 Å². The molecule has 0 amide bonds. The van der Waals surface area contributed by atoms with Crippen LogP contribution in [0.3, 0.4) is 0 Å². The first-order chi connectivity index (χ1) is 7.12. The summed E-state index contributed by atoms with van der Waals surface area (Å²) in [6, 6.07) is 0.188. The maximum absolute atomic E-state index is 12.1. The van der Waals surface area contributed by atoms with Crippen LogP contribution in [0.5, 0.6) is 0 Å². The molecule has 15 heavy (non-hydrogen) atoms. The Morgan fingerprint density at radius 3 is 2.60 bits per heavy atom. The lowest BCUT2D eigenvalue weighted by atomic mass is 9.86. The molecule has 1 aliphatic heterocycles. The third kappa shape index (κ3) is 3.68. The molecule has 0 radical (unpaired) electrons. The molecule has 1 saturated heterocycles. The molecule has 1 aliphatic rings. The minimum Gasteiger partial charge on any atom is -0.375 e. The number of hydrogen-bond acceptors (Lipinski definition) is 2. The van der Waals surface area contributed by atoms with E-state index in [4.69, 9.17) is 4.74 Å². The second-order valence-corrected chi connectivity index (χ2v) is 4.23. The first-order valence-electron chi connectivity index (χ1n) is 5.77. The quantitative estimate of drug-likeness (QED) is 0.770. The fourth-order valence-corrected chi connectivity index (χ4v) is 2.20. The molecule has 1 unspecified atom stereocenters. The largest absolute Gasteiger partial charge is 0.375 e. The lowest BCUT2D eigenvalue weighted by Crippen LogP contribution is -2.47. The highest BCUT2D eigenvalue weighted by Crippen LogP contribution is 2.31. The van der Waals surface area contributed by atoms with E-state index in [-0.39, 0.29) is 18.2 Å².